The number of hydrogen-bond donors (Lipinski definition) is 1. The number of anilines is 1. The van der Waals surface area contributed by atoms with Gasteiger partial charge >= 0.3 is 0 Å². The van der Waals surface area contributed by atoms with E-state index < -0.39 is 0 Å². The maximum Gasteiger partial charge on any atom is 0.215 e. The lowest BCUT2D eigenvalue weighted by atomic mass is 9.90. The summed E-state index contributed by atoms with van der Waals surface area (Å²) in [6.07, 6.45) is 6.76. The molecule has 1 saturated heterocycles. The Kier molecular flexibility index (Phi) is 4.74. The van der Waals surface area contributed by atoms with E-state index in [1.165, 1.54) is 32.1 Å². The summed E-state index contributed by atoms with van der Waals surface area (Å²) in [4.78, 5) is 6.98. The molecule has 1 aliphatic carbocycles. The number of nitrogens with zero attached hydrogens (tertiary/aromatic N) is 2. The van der Waals surface area contributed by atoms with Crippen molar-refractivity contribution in [3.05, 3.63) is 18.2 Å². The maximum atomic E-state index is 5.92. The van der Waals surface area contributed by atoms with Crippen molar-refractivity contribution in [1.29, 1.82) is 0 Å². The van der Waals surface area contributed by atoms with Gasteiger partial charge in [0.25, 0.3) is 0 Å². The Labute approximate surface area is 121 Å². The molecule has 1 aromatic heterocycles. The van der Waals surface area contributed by atoms with E-state index in [-0.39, 0.29) is 0 Å². The molecular weight excluding hydrogens is 250 g/mol. The number of aromatic nitrogens is 1. The predicted molar refractivity (Wildman–Crippen MR) is 81.4 cm³/mol. The topological polar surface area (TPSA) is 37.4 Å². The van der Waals surface area contributed by atoms with Crippen LogP contribution in [0.25, 0.3) is 0 Å². The van der Waals surface area contributed by atoms with Gasteiger partial charge in [-0.3, -0.25) is 0 Å². The van der Waals surface area contributed by atoms with Crippen molar-refractivity contribution in [1.82, 2.24) is 10.3 Å². The van der Waals surface area contributed by atoms with Crippen LogP contribution in [0.5, 0.6) is 5.88 Å². The molecule has 0 bridgehead atoms. The van der Waals surface area contributed by atoms with E-state index in [9.17, 15) is 0 Å². The van der Waals surface area contributed by atoms with Crippen LogP contribution in [0.1, 0.15) is 32.1 Å². The molecule has 3 rings (SSSR count). The van der Waals surface area contributed by atoms with Gasteiger partial charge in [0.15, 0.2) is 0 Å². The highest BCUT2D eigenvalue weighted by Gasteiger charge is 2.15. The van der Waals surface area contributed by atoms with Crippen molar-refractivity contribution in [3.63, 3.8) is 0 Å². The SMILES string of the molecule is c1cc(OCC2CCCCC2)nc(N2CCNCC2)c1. The largest absolute Gasteiger partial charge is 0.477 e. The highest BCUT2D eigenvalue weighted by atomic mass is 16.5. The normalized spacial score (nSPS) is 20.9. The molecule has 1 aliphatic heterocycles. The zero-order valence-electron chi connectivity index (χ0n) is 12.2. The second-order valence-electron chi connectivity index (χ2n) is 5.89. The fourth-order valence-electron chi connectivity index (χ4n) is 3.11. The summed E-state index contributed by atoms with van der Waals surface area (Å²) < 4.78 is 5.92. The van der Waals surface area contributed by atoms with Crippen LogP contribution in [0.15, 0.2) is 18.2 Å². The van der Waals surface area contributed by atoms with Crippen molar-refractivity contribution in [2.24, 2.45) is 5.92 Å². The van der Waals surface area contributed by atoms with Crippen LogP contribution in [-0.4, -0.2) is 37.8 Å². The van der Waals surface area contributed by atoms with E-state index in [1.807, 2.05) is 6.07 Å². The van der Waals surface area contributed by atoms with Gasteiger partial charge in [-0.15, -0.1) is 0 Å². The summed E-state index contributed by atoms with van der Waals surface area (Å²) in [7, 11) is 0. The molecule has 0 amide bonds. The number of piperazine rings is 1. The zero-order chi connectivity index (χ0) is 13.6. The highest BCUT2D eigenvalue weighted by molar-refractivity contribution is 5.41. The Morgan fingerprint density at radius 2 is 1.95 bits per heavy atom. The average molecular weight is 275 g/mol. The monoisotopic (exact) mass is 275 g/mol. The molecule has 110 valence electrons. The fourth-order valence-corrected chi connectivity index (χ4v) is 3.11. The number of pyridine rings is 1. The summed E-state index contributed by atoms with van der Waals surface area (Å²) >= 11 is 0. The Morgan fingerprint density at radius 3 is 2.75 bits per heavy atom. The first-order valence-corrected chi connectivity index (χ1v) is 7.97. The Bertz CT molecular complexity index is 412. The van der Waals surface area contributed by atoms with Crippen LogP contribution in [0, 0.1) is 5.92 Å². The van der Waals surface area contributed by atoms with Crippen molar-refractivity contribution < 1.29 is 4.74 Å². The molecule has 0 aromatic carbocycles. The molecule has 0 radical (unpaired) electrons. The molecule has 4 heteroatoms. The van der Waals surface area contributed by atoms with E-state index in [1.54, 1.807) is 0 Å². The molecule has 0 atom stereocenters. The van der Waals surface area contributed by atoms with E-state index in [0.29, 0.717) is 0 Å². The molecule has 20 heavy (non-hydrogen) atoms. The molecule has 0 unspecified atom stereocenters. The summed E-state index contributed by atoms with van der Waals surface area (Å²) in [5.41, 5.74) is 0. The second kappa shape index (κ2) is 6.93. The summed E-state index contributed by atoms with van der Waals surface area (Å²) in [6.45, 7) is 4.96. The molecule has 2 heterocycles. The van der Waals surface area contributed by atoms with Crippen LogP contribution in [-0.2, 0) is 0 Å². The molecule has 1 N–H and O–H groups in total. The predicted octanol–water partition coefficient (Wildman–Crippen LogP) is 2.45. The van der Waals surface area contributed by atoms with Crippen molar-refractivity contribution >= 4 is 5.82 Å². The maximum absolute atomic E-state index is 5.92. The number of hydrogen-bond acceptors (Lipinski definition) is 4. The first-order valence-electron chi connectivity index (χ1n) is 7.97. The van der Waals surface area contributed by atoms with Crippen molar-refractivity contribution in [2.75, 3.05) is 37.7 Å². The summed E-state index contributed by atoms with van der Waals surface area (Å²) in [5.74, 6) is 2.56. The Hall–Kier alpha value is -1.29. The quantitative estimate of drug-likeness (QED) is 0.916. The highest BCUT2D eigenvalue weighted by Crippen LogP contribution is 2.24. The third kappa shape index (κ3) is 3.63. The first kappa shape index (κ1) is 13.7. The second-order valence-corrected chi connectivity index (χ2v) is 5.89. The third-order valence-corrected chi connectivity index (χ3v) is 4.34. The lowest BCUT2D eigenvalue weighted by Crippen LogP contribution is -2.43. The van der Waals surface area contributed by atoms with E-state index in [4.69, 9.17) is 4.74 Å². The Balaban J connectivity index is 1.56. The lowest BCUT2D eigenvalue weighted by Gasteiger charge is -2.28. The third-order valence-electron chi connectivity index (χ3n) is 4.34. The van der Waals surface area contributed by atoms with Gasteiger partial charge < -0.3 is 15.0 Å². The minimum Gasteiger partial charge on any atom is -0.477 e. The summed E-state index contributed by atoms with van der Waals surface area (Å²) in [5, 5.41) is 3.37. The average Bonchev–Trinajstić information content (AvgIpc) is 2.55. The number of ether oxygens (including phenoxy) is 1. The number of nitrogens with one attached hydrogen (secondary N) is 1. The molecule has 4 nitrogen and oxygen atoms in total. The smallest absolute Gasteiger partial charge is 0.215 e. The fraction of sp³-hybridized carbons (Fsp3) is 0.688. The van der Waals surface area contributed by atoms with Crippen LogP contribution >= 0.6 is 0 Å². The molecule has 1 saturated carbocycles. The Morgan fingerprint density at radius 1 is 1.15 bits per heavy atom. The first-order chi connectivity index (χ1) is 9.92. The minimum absolute atomic E-state index is 0.730. The van der Waals surface area contributed by atoms with Crippen molar-refractivity contribution in [3.8, 4) is 5.88 Å². The van der Waals surface area contributed by atoms with Gasteiger partial charge in [-0.2, -0.15) is 4.98 Å². The van der Waals surface area contributed by atoms with Gasteiger partial charge in [-0.1, -0.05) is 25.3 Å². The van der Waals surface area contributed by atoms with Gasteiger partial charge in [0.1, 0.15) is 5.82 Å². The van der Waals surface area contributed by atoms with Crippen molar-refractivity contribution in [2.45, 2.75) is 32.1 Å². The van der Waals surface area contributed by atoms with Gasteiger partial charge in [0.05, 0.1) is 6.61 Å². The summed E-state index contributed by atoms with van der Waals surface area (Å²) in [6, 6.07) is 6.12. The van der Waals surface area contributed by atoms with Gasteiger partial charge in [0, 0.05) is 32.2 Å². The molecule has 0 spiro atoms. The standard InChI is InChI=1S/C16H25N3O/c1-2-5-14(6-3-1)13-20-16-8-4-7-15(18-16)19-11-9-17-10-12-19/h4,7-8,14,17H,1-3,5-6,9-13H2. The van der Waals surface area contributed by atoms with Gasteiger partial charge in [0.2, 0.25) is 5.88 Å². The van der Waals surface area contributed by atoms with Crippen LogP contribution in [0.4, 0.5) is 5.82 Å². The molecule has 1 aromatic rings. The van der Waals surface area contributed by atoms with Crippen LogP contribution in [0.3, 0.4) is 0 Å². The molecule has 2 fully saturated rings. The number of rotatable bonds is 4. The van der Waals surface area contributed by atoms with E-state index in [2.05, 4.69) is 27.3 Å². The van der Waals surface area contributed by atoms with Gasteiger partial charge in [-0.05, 0) is 24.8 Å². The van der Waals surface area contributed by atoms with E-state index in [0.717, 1.165) is 50.4 Å². The zero-order valence-corrected chi connectivity index (χ0v) is 12.2. The minimum atomic E-state index is 0.730. The molecule has 2 aliphatic rings. The van der Waals surface area contributed by atoms with Crippen LogP contribution in [0.2, 0.25) is 0 Å². The molecular formula is C16H25N3O. The van der Waals surface area contributed by atoms with Gasteiger partial charge in [-0.25, -0.2) is 0 Å². The van der Waals surface area contributed by atoms with Crippen LogP contribution < -0.4 is 15.0 Å². The lowest BCUT2D eigenvalue weighted by molar-refractivity contribution is 0.203. The van der Waals surface area contributed by atoms with E-state index >= 15 is 0 Å².